The summed E-state index contributed by atoms with van der Waals surface area (Å²) < 4.78 is 9.08. The molecule has 0 saturated carbocycles. The Morgan fingerprint density at radius 1 is 1.12 bits per heavy atom. The molecule has 0 aliphatic rings. The van der Waals surface area contributed by atoms with Gasteiger partial charge >= 0.3 is 11.9 Å². The fourth-order valence-corrected chi connectivity index (χ4v) is 1.04. The van der Waals surface area contributed by atoms with Crippen LogP contribution in [-0.2, 0) is 19.1 Å². The summed E-state index contributed by atoms with van der Waals surface area (Å²) >= 11 is 0. The summed E-state index contributed by atoms with van der Waals surface area (Å²) in [6.45, 7) is 8.88. The van der Waals surface area contributed by atoms with E-state index in [2.05, 4.69) is 22.6 Å². The van der Waals surface area contributed by atoms with Crippen molar-refractivity contribution in [3.63, 3.8) is 0 Å². The summed E-state index contributed by atoms with van der Waals surface area (Å²) in [7, 11) is 2.44. The molecule has 0 amide bonds. The van der Waals surface area contributed by atoms with Crippen molar-refractivity contribution in [3.8, 4) is 0 Å². The van der Waals surface area contributed by atoms with E-state index in [1.54, 1.807) is 19.1 Å². The first-order chi connectivity index (χ1) is 8.01. The standard InChI is InChI=1S/C13H16O4/c1-6-10(7-2)8-11(13(15)17-5)9(3)12(14)16-4/h6-8H,1,3H2,2,4-5H3/b10-7-,11-8+. The Labute approximate surface area is 101 Å². The van der Waals surface area contributed by atoms with Crippen LogP contribution in [0.2, 0.25) is 0 Å². The van der Waals surface area contributed by atoms with Gasteiger partial charge in [-0.05, 0) is 18.6 Å². The van der Waals surface area contributed by atoms with Crippen molar-refractivity contribution in [2.24, 2.45) is 0 Å². The monoisotopic (exact) mass is 236 g/mol. The van der Waals surface area contributed by atoms with Crippen molar-refractivity contribution < 1.29 is 19.1 Å². The number of carbonyl (C=O) groups is 2. The van der Waals surface area contributed by atoms with Crippen LogP contribution in [0.3, 0.4) is 0 Å². The molecular formula is C13H16O4. The van der Waals surface area contributed by atoms with Crippen molar-refractivity contribution in [2.75, 3.05) is 14.2 Å². The van der Waals surface area contributed by atoms with Crippen molar-refractivity contribution in [2.45, 2.75) is 6.92 Å². The Morgan fingerprint density at radius 3 is 2.00 bits per heavy atom. The van der Waals surface area contributed by atoms with Crippen molar-refractivity contribution in [3.05, 3.63) is 48.1 Å². The maximum Gasteiger partial charge on any atom is 0.338 e. The molecule has 0 aliphatic carbocycles. The van der Waals surface area contributed by atoms with E-state index >= 15 is 0 Å². The van der Waals surface area contributed by atoms with Gasteiger partial charge in [-0.25, -0.2) is 9.59 Å². The first-order valence-electron chi connectivity index (χ1n) is 4.88. The lowest BCUT2D eigenvalue weighted by Gasteiger charge is -2.07. The highest BCUT2D eigenvalue weighted by molar-refractivity contribution is 6.06. The lowest BCUT2D eigenvalue weighted by molar-refractivity contribution is -0.139. The second-order valence-corrected chi connectivity index (χ2v) is 3.01. The van der Waals surface area contributed by atoms with Crippen LogP contribution in [-0.4, -0.2) is 26.2 Å². The second-order valence-electron chi connectivity index (χ2n) is 3.01. The minimum absolute atomic E-state index is 0.0485. The van der Waals surface area contributed by atoms with Gasteiger partial charge in [0.25, 0.3) is 0 Å². The quantitative estimate of drug-likeness (QED) is 0.416. The molecule has 92 valence electrons. The molecule has 0 unspecified atom stereocenters. The molecule has 0 rings (SSSR count). The zero-order chi connectivity index (χ0) is 13.4. The molecule has 4 nitrogen and oxygen atoms in total. The van der Waals surface area contributed by atoms with E-state index in [0.29, 0.717) is 5.57 Å². The number of hydrogen-bond donors (Lipinski definition) is 0. The highest BCUT2D eigenvalue weighted by Gasteiger charge is 2.20. The van der Waals surface area contributed by atoms with Gasteiger partial charge in [0.1, 0.15) is 0 Å². The molecule has 17 heavy (non-hydrogen) atoms. The average Bonchev–Trinajstić information content (AvgIpc) is 2.37. The van der Waals surface area contributed by atoms with Gasteiger partial charge in [0.2, 0.25) is 0 Å². The van der Waals surface area contributed by atoms with Crippen LogP contribution in [0.25, 0.3) is 0 Å². The van der Waals surface area contributed by atoms with Crippen molar-refractivity contribution in [1.29, 1.82) is 0 Å². The van der Waals surface area contributed by atoms with Crippen molar-refractivity contribution in [1.82, 2.24) is 0 Å². The topological polar surface area (TPSA) is 52.6 Å². The molecule has 0 heterocycles. The summed E-state index contributed by atoms with van der Waals surface area (Å²) in [6.07, 6.45) is 4.76. The van der Waals surface area contributed by atoms with Crippen molar-refractivity contribution >= 4 is 11.9 Å². The Kier molecular flexibility index (Phi) is 6.33. The normalized spacial score (nSPS) is 11.7. The number of rotatable bonds is 5. The van der Waals surface area contributed by atoms with Gasteiger partial charge in [-0.3, -0.25) is 0 Å². The van der Waals surface area contributed by atoms with Gasteiger partial charge in [0, 0.05) is 0 Å². The maximum atomic E-state index is 11.5. The number of carbonyl (C=O) groups excluding carboxylic acids is 2. The number of ether oxygens (including phenoxy) is 2. The third-order valence-electron chi connectivity index (χ3n) is 2.04. The molecule has 0 fully saturated rings. The largest absolute Gasteiger partial charge is 0.465 e. The predicted molar refractivity (Wildman–Crippen MR) is 65.2 cm³/mol. The van der Waals surface area contributed by atoms with E-state index in [9.17, 15) is 9.59 Å². The smallest absolute Gasteiger partial charge is 0.338 e. The molecule has 0 atom stereocenters. The molecule has 4 heteroatoms. The Bertz CT molecular complexity index is 400. The third kappa shape index (κ3) is 4.10. The molecule has 0 aromatic carbocycles. The SMILES string of the molecule is C=CC(=C/C)/C=C(\C(=C)C(=O)OC)C(=O)OC. The first-order valence-corrected chi connectivity index (χ1v) is 4.88. The predicted octanol–water partition coefficient (Wildman–Crippen LogP) is 1.95. The van der Waals surface area contributed by atoms with Crippen LogP contribution >= 0.6 is 0 Å². The van der Waals surface area contributed by atoms with E-state index in [0.717, 1.165) is 0 Å². The lowest BCUT2D eigenvalue weighted by atomic mass is 10.0. The van der Waals surface area contributed by atoms with Crippen LogP contribution in [0.1, 0.15) is 6.92 Å². The Hall–Kier alpha value is -2.10. The summed E-state index contributed by atoms with van der Waals surface area (Å²) in [5.41, 5.74) is 0.670. The fraction of sp³-hybridized carbons (Fsp3) is 0.231. The van der Waals surface area contributed by atoms with Gasteiger partial charge in [-0.15, -0.1) is 0 Å². The summed E-state index contributed by atoms with van der Waals surface area (Å²) in [6, 6.07) is 0. The summed E-state index contributed by atoms with van der Waals surface area (Å²) in [5, 5.41) is 0. The minimum atomic E-state index is -0.679. The van der Waals surface area contributed by atoms with Crippen LogP contribution in [0, 0.1) is 0 Å². The van der Waals surface area contributed by atoms with Gasteiger partial charge in [-0.1, -0.05) is 25.3 Å². The molecule has 0 saturated heterocycles. The summed E-state index contributed by atoms with van der Waals surface area (Å²) in [4.78, 5) is 22.8. The molecule has 0 aromatic rings. The van der Waals surface area contributed by atoms with E-state index in [1.807, 2.05) is 0 Å². The number of hydrogen-bond acceptors (Lipinski definition) is 4. The molecular weight excluding hydrogens is 220 g/mol. The van der Waals surface area contributed by atoms with E-state index in [1.165, 1.54) is 20.3 Å². The van der Waals surface area contributed by atoms with Crippen LogP contribution in [0.4, 0.5) is 0 Å². The zero-order valence-electron chi connectivity index (χ0n) is 10.3. The van der Waals surface area contributed by atoms with E-state index in [4.69, 9.17) is 0 Å². The maximum absolute atomic E-state index is 11.5. The summed E-state index contributed by atoms with van der Waals surface area (Å²) in [5.74, 6) is -1.33. The highest BCUT2D eigenvalue weighted by atomic mass is 16.5. The minimum Gasteiger partial charge on any atom is -0.465 e. The highest BCUT2D eigenvalue weighted by Crippen LogP contribution is 2.15. The molecule has 0 aromatic heterocycles. The average molecular weight is 236 g/mol. The lowest BCUT2D eigenvalue weighted by Crippen LogP contribution is -2.14. The van der Waals surface area contributed by atoms with E-state index in [-0.39, 0.29) is 11.1 Å². The zero-order valence-corrected chi connectivity index (χ0v) is 10.3. The van der Waals surface area contributed by atoms with Crippen LogP contribution < -0.4 is 0 Å². The Balaban J connectivity index is 5.44. The van der Waals surface area contributed by atoms with Crippen LogP contribution in [0.15, 0.2) is 48.1 Å². The molecule has 0 N–H and O–H groups in total. The molecule has 0 spiro atoms. The fourth-order valence-electron chi connectivity index (χ4n) is 1.04. The third-order valence-corrected chi connectivity index (χ3v) is 2.04. The number of allylic oxidation sites excluding steroid dienone is 4. The Morgan fingerprint density at radius 2 is 1.65 bits per heavy atom. The van der Waals surface area contributed by atoms with Gasteiger partial charge < -0.3 is 9.47 Å². The van der Waals surface area contributed by atoms with Gasteiger partial charge in [0.05, 0.1) is 25.4 Å². The second kappa shape index (κ2) is 7.22. The first kappa shape index (κ1) is 14.9. The molecule has 0 radical (unpaired) electrons. The number of methoxy groups -OCH3 is 2. The molecule has 0 aliphatic heterocycles. The van der Waals surface area contributed by atoms with Crippen LogP contribution in [0.5, 0.6) is 0 Å². The van der Waals surface area contributed by atoms with Gasteiger partial charge in [0.15, 0.2) is 0 Å². The van der Waals surface area contributed by atoms with E-state index < -0.39 is 11.9 Å². The van der Waals surface area contributed by atoms with Gasteiger partial charge in [-0.2, -0.15) is 0 Å². The number of esters is 2. The molecule has 0 bridgehead atoms.